The Morgan fingerprint density at radius 3 is 2.51 bits per heavy atom. The van der Waals surface area contributed by atoms with E-state index in [2.05, 4.69) is 41.8 Å². The molecule has 0 spiro atoms. The lowest BCUT2D eigenvalue weighted by atomic mass is 9.98. The second-order valence-electron chi connectivity index (χ2n) is 8.89. The van der Waals surface area contributed by atoms with E-state index in [9.17, 15) is 14.7 Å². The van der Waals surface area contributed by atoms with Crippen molar-refractivity contribution < 1.29 is 14.7 Å². The molecule has 180 valence electrons. The van der Waals surface area contributed by atoms with Crippen LogP contribution < -0.4 is 10.6 Å². The monoisotopic (exact) mass is 489 g/mol. The van der Waals surface area contributed by atoms with Crippen molar-refractivity contribution in [1.82, 2.24) is 4.90 Å². The van der Waals surface area contributed by atoms with Gasteiger partial charge in [0.05, 0.1) is 23.4 Å². The molecule has 0 fully saturated rings. The molecule has 0 bridgehead atoms. The summed E-state index contributed by atoms with van der Waals surface area (Å²) in [7, 11) is 4.14. The molecule has 0 aliphatic carbocycles. The Labute approximate surface area is 210 Å². The highest BCUT2D eigenvalue weighted by molar-refractivity contribution is 6.38. The van der Waals surface area contributed by atoms with Gasteiger partial charge in [-0.2, -0.15) is 0 Å². The molecule has 0 saturated carbocycles. The minimum absolute atomic E-state index is 0.101. The molecule has 7 heteroatoms. The van der Waals surface area contributed by atoms with Gasteiger partial charge in [-0.05, 0) is 80.5 Å². The van der Waals surface area contributed by atoms with E-state index in [-0.39, 0.29) is 12.3 Å². The number of nitrogens with zero attached hydrogens (tertiary/aromatic N) is 1. The van der Waals surface area contributed by atoms with Gasteiger partial charge in [-0.3, -0.25) is 9.59 Å². The first-order valence-electron chi connectivity index (χ1n) is 11.5. The predicted molar refractivity (Wildman–Crippen MR) is 142 cm³/mol. The fourth-order valence-electron chi connectivity index (χ4n) is 4.18. The number of anilines is 2. The standard InChI is InChI=1S/C28H28ClN3O3/c1-32(2)14-4-6-18-8-11-22(12-9-18)30-27(20-7-3-5-19(15-20)16-25(33)34)26-23-13-10-21(29)17-24(23)31-28(26)35/h3,5,7-13,15,17,30H,4,6,14,16H2,1-2H3,(H,31,35)(H,33,34)/b27-26-. The largest absolute Gasteiger partial charge is 0.481 e. The minimum Gasteiger partial charge on any atom is -0.481 e. The van der Waals surface area contributed by atoms with Gasteiger partial charge in [-0.1, -0.05) is 48.0 Å². The first kappa shape index (κ1) is 24.5. The van der Waals surface area contributed by atoms with Gasteiger partial charge in [0.25, 0.3) is 5.91 Å². The second-order valence-corrected chi connectivity index (χ2v) is 9.33. The molecule has 4 rings (SSSR count). The van der Waals surface area contributed by atoms with Gasteiger partial charge in [0.1, 0.15) is 0 Å². The molecule has 0 radical (unpaired) electrons. The van der Waals surface area contributed by atoms with Crippen LogP contribution in [0, 0.1) is 0 Å². The number of nitrogens with one attached hydrogen (secondary N) is 2. The Bertz CT molecular complexity index is 1280. The van der Waals surface area contributed by atoms with Gasteiger partial charge < -0.3 is 20.6 Å². The van der Waals surface area contributed by atoms with Crippen LogP contribution in [0.15, 0.2) is 66.7 Å². The Kier molecular flexibility index (Phi) is 7.54. The normalized spacial score (nSPS) is 14.0. The number of carbonyl (C=O) groups is 2. The number of aliphatic carboxylic acids is 1. The topological polar surface area (TPSA) is 81.7 Å². The molecule has 3 N–H and O–H groups in total. The maximum absolute atomic E-state index is 13.1. The van der Waals surface area contributed by atoms with Crippen molar-refractivity contribution in [3.63, 3.8) is 0 Å². The molecule has 35 heavy (non-hydrogen) atoms. The Hall–Kier alpha value is -3.61. The number of amides is 1. The lowest BCUT2D eigenvalue weighted by Gasteiger charge is -2.16. The molecule has 3 aromatic rings. The SMILES string of the molecule is CN(C)CCCc1ccc(N/C(=C2\C(=O)Nc3cc(Cl)ccc32)c2cccc(CC(=O)O)c2)cc1. The van der Waals surface area contributed by atoms with Crippen molar-refractivity contribution in [3.8, 4) is 0 Å². The van der Waals surface area contributed by atoms with Gasteiger partial charge in [0.15, 0.2) is 0 Å². The molecule has 1 amide bonds. The zero-order valence-electron chi connectivity index (χ0n) is 19.8. The minimum atomic E-state index is -0.909. The third kappa shape index (κ3) is 6.10. The highest BCUT2D eigenvalue weighted by atomic mass is 35.5. The summed E-state index contributed by atoms with van der Waals surface area (Å²) in [6.45, 7) is 1.03. The van der Waals surface area contributed by atoms with Crippen LogP contribution in [0.1, 0.15) is 28.7 Å². The van der Waals surface area contributed by atoms with E-state index in [1.54, 1.807) is 30.3 Å². The molecule has 0 atom stereocenters. The first-order chi connectivity index (χ1) is 16.8. The van der Waals surface area contributed by atoms with Crippen LogP contribution in [-0.2, 0) is 22.4 Å². The molecule has 1 aliphatic rings. The van der Waals surface area contributed by atoms with Crippen LogP contribution in [-0.4, -0.2) is 42.5 Å². The van der Waals surface area contributed by atoms with Crippen LogP contribution in [0.5, 0.6) is 0 Å². The quantitative estimate of drug-likeness (QED) is 0.351. The highest BCUT2D eigenvalue weighted by Gasteiger charge is 2.28. The number of carboxylic acids is 1. The Morgan fingerprint density at radius 1 is 1.03 bits per heavy atom. The zero-order valence-corrected chi connectivity index (χ0v) is 20.5. The predicted octanol–water partition coefficient (Wildman–Crippen LogP) is 5.39. The fraction of sp³-hybridized carbons (Fsp3) is 0.214. The molecule has 3 aromatic carbocycles. The van der Waals surface area contributed by atoms with Crippen molar-refractivity contribution >= 4 is 46.1 Å². The summed E-state index contributed by atoms with van der Waals surface area (Å²) in [6.07, 6.45) is 1.96. The van der Waals surface area contributed by atoms with Gasteiger partial charge in [0, 0.05) is 16.3 Å². The fourth-order valence-corrected chi connectivity index (χ4v) is 4.35. The second kappa shape index (κ2) is 10.8. The van der Waals surface area contributed by atoms with Gasteiger partial charge in [-0.15, -0.1) is 0 Å². The number of carbonyl (C=O) groups excluding carboxylic acids is 1. The number of halogens is 1. The van der Waals surface area contributed by atoms with Crippen molar-refractivity contribution in [3.05, 3.63) is 94.0 Å². The Morgan fingerprint density at radius 2 is 1.80 bits per heavy atom. The molecular weight excluding hydrogens is 462 g/mol. The molecule has 0 unspecified atom stereocenters. The summed E-state index contributed by atoms with van der Waals surface area (Å²) in [5.41, 5.74) is 5.94. The average Bonchev–Trinajstić information content (AvgIpc) is 3.12. The van der Waals surface area contributed by atoms with Crippen LogP contribution in [0.4, 0.5) is 11.4 Å². The summed E-state index contributed by atoms with van der Waals surface area (Å²) in [4.78, 5) is 26.5. The van der Waals surface area contributed by atoms with E-state index in [1.807, 2.05) is 24.3 Å². The number of fused-ring (bicyclic) bond motifs is 1. The summed E-state index contributed by atoms with van der Waals surface area (Å²) in [5, 5.41) is 16.1. The molecule has 1 aliphatic heterocycles. The van der Waals surface area contributed by atoms with Crippen molar-refractivity contribution in [2.45, 2.75) is 19.3 Å². The first-order valence-corrected chi connectivity index (χ1v) is 11.9. The maximum atomic E-state index is 13.1. The molecule has 1 heterocycles. The number of rotatable bonds is 9. The van der Waals surface area contributed by atoms with Gasteiger partial charge in [-0.25, -0.2) is 0 Å². The maximum Gasteiger partial charge on any atom is 0.307 e. The molecular formula is C28H28ClN3O3. The van der Waals surface area contributed by atoms with Crippen LogP contribution in [0.2, 0.25) is 5.02 Å². The van der Waals surface area contributed by atoms with Crippen LogP contribution in [0.3, 0.4) is 0 Å². The number of hydrogen-bond acceptors (Lipinski definition) is 4. The van der Waals surface area contributed by atoms with E-state index in [1.165, 1.54) is 5.56 Å². The van der Waals surface area contributed by atoms with Crippen LogP contribution in [0.25, 0.3) is 11.3 Å². The number of aryl methyl sites for hydroxylation is 1. The molecule has 0 aromatic heterocycles. The lowest BCUT2D eigenvalue weighted by Crippen LogP contribution is -2.13. The van der Waals surface area contributed by atoms with E-state index >= 15 is 0 Å². The van der Waals surface area contributed by atoms with Crippen molar-refractivity contribution in [2.24, 2.45) is 0 Å². The van der Waals surface area contributed by atoms with Gasteiger partial charge in [0.2, 0.25) is 0 Å². The summed E-state index contributed by atoms with van der Waals surface area (Å²) >= 11 is 6.14. The molecule has 6 nitrogen and oxygen atoms in total. The van der Waals surface area contributed by atoms with E-state index in [4.69, 9.17) is 11.6 Å². The summed E-state index contributed by atoms with van der Waals surface area (Å²) in [6, 6.07) is 20.7. The number of hydrogen-bond donors (Lipinski definition) is 3. The third-order valence-electron chi connectivity index (χ3n) is 5.84. The third-order valence-corrected chi connectivity index (χ3v) is 6.08. The Balaban J connectivity index is 1.72. The number of benzene rings is 3. The average molecular weight is 490 g/mol. The van der Waals surface area contributed by atoms with E-state index in [0.717, 1.165) is 36.2 Å². The lowest BCUT2D eigenvalue weighted by molar-refractivity contribution is -0.136. The van der Waals surface area contributed by atoms with Crippen molar-refractivity contribution in [2.75, 3.05) is 31.3 Å². The van der Waals surface area contributed by atoms with E-state index < -0.39 is 5.97 Å². The van der Waals surface area contributed by atoms with E-state index in [0.29, 0.717) is 27.5 Å². The van der Waals surface area contributed by atoms with Crippen molar-refractivity contribution in [1.29, 1.82) is 0 Å². The molecule has 0 saturated heterocycles. The highest BCUT2D eigenvalue weighted by Crippen LogP contribution is 2.39. The van der Waals surface area contributed by atoms with Crippen LogP contribution >= 0.6 is 11.6 Å². The number of carboxylic acid groups (broad SMARTS) is 1. The zero-order chi connectivity index (χ0) is 24.9. The smallest absolute Gasteiger partial charge is 0.307 e. The summed E-state index contributed by atoms with van der Waals surface area (Å²) in [5.74, 6) is -1.15. The summed E-state index contributed by atoms with van der Waals surface area (Å²) < 4.78 is 0. The van der Waals surface area contributed by atoms with Gasteiger partial charge >= 0.3 is 5.97 Å².